The standard InChI is InChI=1S/C16H16N4/c1-17-15(16-18-9-4-10-19-16)11-13-8-7-12-5-2-3-6-14(12)20-13/h2-10,15,17H,11H2,1H3. The van der Waals surface area contributed by atoms with Crippen LogP contribution in [0.5, 0.6) is 0 Å². The van der Waals surface area contributed by atoms with E-state index < -0.39 is 0 Å². The molecule has 3 rings (SSSR count). The Bertz CT molecular complexity index is 697. The second kappa shape index (κ2) is 5.75. The van der Waals surface area contributed by atoms with E-state index in [2.05, 4.69) is 33.5 Å². The fourth-order valence-electron chi connectivity index (χ4n) is 2.24. The summed E-state index contributed by atoms with van der Waals surface area (Å²) in [5.74, 6) is 0.796. The highest BCUT2D eigenvalue weighted by Gasteiger charge is 2.13. The number of aromatic nitrogens is 3. The predicted molar refractivity (Wildman–Crippen MR) is 79.3 cm³/mol. The zero-order valence-corrected chi connectivity index (χ0v) is 11.3. The van der Waals surface area contributed by atoms with Crippen LogP contribution in [0, 0.1) is 0 Å². The molecule has 4 nitrogen and oxygen atoms in total. The Kier molecular flexibility index (Phi) is 3.65. The van der Waals surface area contributed by atoms with Gasteiger partial charge in [0.25, 0.3) is 0 Å². The summed E-state index contributed by atoms with van der Waals surface area (Å²) in [6.45, 7) is 0. The van der Waals surface area contributed by atoms with Crippen molar-refractivity contribution in [2.24, 2.45) is 0 Å². The lowest BCUT2D eigenvalue weighted by Gasteiger charge is -2.14. The van der Waals surface area contributed by atoms with E-state index in [1.54, 1.807) is 12.4 Å². The number of hydrogen-bond acceptors (Lipinski definition) is 4. The minimum Gasteiger partial charge on any atom is -0.310 e. The summed E-state index contributed by atoms with van der Waals surface area (Å²) in [6.07, 6.45) is 4.30. The van der Waals surface area contributed by atoms with Crippen LogP contribution in [-0.4, -0.2) is 22.0 Å². The van der Waals surface area contributed by atoms with Gasteiger partial charge in [0, 0.05) is 29.9 Å². The van der Waals surface area contributed by atoms with Gasteiger partial charge >= 0.3 is 0 Å². The number of rotatable bonds is 4. The predicted octanol–water partition coefficient (Wildman–Crippen LogP) is 2.53. The van der Waals surface area contributed by atoms with Crippen molar-refractivity contribution in [3.8, 4) is 0 Å². The van der Waals surface area contributed by atoms with E-state index in [0.29, 0.717) is 0 Å². The zero-order valence-electron chi connectivity index (χ0n) is 11.3. The molecule has 0 aliphatic heterocycles. The topological polar surface area (TPSA) is 50.7 Å². The van der Waals surface area contributed by atoms with Gasteiger partial charge in [0.2, 0.25) is 0 Å². The molecule has 4 heteroatoms. The number of nitrogens with one attached hydrogen (secondary N) is 1. The van der Waals surface area contributed by atoms with Gasteiger partial charge in [-0.25, -0.2) is 9.97 Å². The Hall–Kier alpha value is -2.33. The summed E-state index contributed by atoms with van der Waals surface area (Å²) < 4.78 is 0. The summed E-state index contributed by atoms with van der Waals surface area (Å²) in [5.41, 5.74) is 2.06. The highest BCUT2D eigenvalue weighted by Crippen LogP contribution is 2.16. The van der Waals surface area contributed by atoms with Crippen molar-refractivity contribution in [3.63, 3.8) is 0 Å². The maximum Gasteiger partial charge on any atom is 0.145 e. The van der Waals surface area contributed by atoms with Crippen molar-refractivity contribution in [3.05, 3.63) is 66.4 Å². The van der Waals surface area contributed by atoms with Gasteiger partial charge in [-0.2, -0.15) is 0 Å². The van der Waals surface area contributed by atoms with Crippen LogP contribution >= 0.6 is 0 Å². The number of fused-ring (bicyclic) bond motifs is 1. The molecule has 0 saturated carbocycles. The Balaban J connectivity index is 1.87. The zero-order chi connectivity index (χ0) is 13.8. The van der Waals surface area contributed by atoms with E-state index >= 15 is 0 Å². The third-order valence-corrected chi connectivity index (χ3v) is 3.32. The summed E-state index contributed by atoms with van der Waals surface area (Å²) in [5, 5.41) is 4.41. The molecule has 1 N–H and O–H groups in total. The van der Waals surface area contributed by atoms with Crippen LogP contribution in [-0.2, 0) is 6.42 Å². The summed E-state index contributed by atoms with van der Waals surface area (Å²) in [6, 6.07) is 14.2. The summed E-state index contributed by atoms with van der Waals surface area (Å²) in [7, 11) is 1.92. The molecule has 1 unspecified atom stereocenters. The molecule has 0 fully saturated rings. The van der Waals surface area contributed by atoms with E-state index in [-0.39, 0.29) is 6.04 Å². The molecule has 3 aromatic rings. The molecule has 0 spiro atoms. The van der Waals surface area contributed by atoms with E-state index in [1.165, 1.54) is 0 Å². The highest BCUT2D eigenvalue weighted by molar-refractivity contribution is 5.78. The fraction of sp³-hybridized carbons (Fsp3) is 0.188. The van der Waals surface area contributed by atoms with Crippen LogP contribution in [0.4, 0.5) is 0 Å². The van der Waals surface area contributed by atoms with Gasteiger partial charge < -0.3 is 5.32 Å². The normalized spacial score (nSPS) is 12.4. The van der Waals surface area contributed by atoms with E-state index in [0.717, 1.165) is 28.8 Å². The highest BCUT2D eigenvalue weighted by atomic mass is 15.0. The van der Waals surface area contributed by atoms with Gasteiger partial charge in [-0.1, -0.05) is 24.3 Å². The van der Waals surface area contributed by atoms with Crippen molar-refractivity contribution in [1.29, 1.82) is 0 Å². The molecular weight excluding hydrogens is 248 g/mol. The van der Waals surface area contributed by atoms with E-state index in [9.17, 15) is 0 Å². The number of para-hydroxylation sites is 1. The second-order valence-corrected chi connectivity index (χ2v) is 4.65. The molecule has 1 atom stereocenters. The summed E-state index contributed by atoms with van der Waals surface area (Å²) in [4.78, 5) is 13.3. The molecule has 0 amide bonds. The van der Waals surface area contributed by atoms with Crippen molar-refractivity contribution in [1.82, 2.24) is 20.3 Å². The minimum atomic E-state index is 0.0739. The molecule has 100 valence electrons. The summed E-state index contributed by atoms with van der Waals surface area (Å²) >= 11 is 0. The van der Waals surface area contributed by atoms with Crippen molar-refractivity contribution in [2.45, 2.75) is 12.5 Å². The first kappa shape index (κ1) is 12.7. The van der Waals surface area contributed by atoms with Gasteiger partial charge in [0.15, 0.2) is 0 Å². The van der Waals surface area contributed by atoms with Crippen LogP contribution in [0.1, 0.15) is 17.6 Å². The Labute approximate surface area is 117 Å². The number of nitrogens with zero attached hydrogens (tertiary/aromatic N) is 3. The lowest BCUT2D eigenvalue weighted by molar-refractivity contribution is 0.551. The van der Waals surface area contributed by atoms with Crippen molar-refractivity contribution >= 4 is 10.9 Å². The smallest absolute Gasteiger partial charge is 0.145 e. The van der Waals surface area contributed by atoms with Crippen LogP contribution < -0.4 is 5.32 Å². The van der Waals surface area contributed by atoms with Gasteiger partial charge in [0.05, 0.1) is 11.6 Å². The molecule has 0 bridgehead atoms. The third kappa shape index (κ3) is 2.65. The Morgan fingerprint density at radius 2 is 1.80 bits per heavy atom. The molecule has 0 aliphatic rings. The lowest BCUT2D eigenvalue weighted by Crippen LogP contribution is -2.21. The van der Waals surface area contributed by atoms with Crippen LogP contribution in [0.25, 0.3) is 10.9 Å². The van der Waals surface area contributed by atoms with Crippen molar-refractivity contribution < 1.29 is 0 Å². The molecule has 2 heterocycles. The van der Waals surface area contributed by atoms with Crippen LogP contribution in [0.3, 0.4) is 0 Å². The van der Waals surface area contributed by atoms with Crippen LogP contribution in [0.2, 0.25) is 0 Å². The Morgan fingerprint density at radius 3 is 2.60 bits per heavy atom. The van der Waals surface area contributed by atoms with Crippen LogP contribution in [0.15, 0.2) is 54.9 Å². The monoisotopic (exact) mass is 264 g/mol. The first-order valence-corrected chi connectivity index (χ1v) is 6.65. The number of likely N-dealkylation sites (N-methyl/N-ethyl adjacent to an activating group) is 1. The lowest BCUT2D eigenvalue weighted by atomic mass is 10.1. The molecule has 1 aromatic carbocycles. The second-order valence-electron chi connectivity index (χ2n) is 4.65. The number of pyridine rings is 1. The van der Waals surface area contributed by atoms with Crippen molar-refractivity contribution in [2.75, 3.05) is 7.05 Å². The SMILES string of the molecule is CNC(Cc1ccc2ccccc2n1)c1ncccn1. The molecule has 0 saturated heterocycles. The largest absolute Gasteiger partial charge is 0.310 e. The average molecular weight is 264 g/mol. The molecule has 0 radical (unpaired) electrons. The third-order valence-electron chi connectivity index (χ3n) is 3.32. The Morgan fingerprint density at radius 1 is 1.00 bits per heavy atom. The van der Waals surface area contributed by atoms with Gasteiger partial charge in [-0.3, -0.25) is 4.98 Å². The first-order valence-electron chi connectivity index (χ1n) is 6.65. The molecule has 2 aromatic heterocycles. The van der Waals surface area contributed by atoms with E-state index in [4.69, 9.17) is 4.98 Å². The molecular formula is C16H16N4. The number of hydrogen-bond donors (Lipinski definition) is 1. The van der Waals surface area contributed by atoms with E-state index in [1.807, 2.05) is 31.3 Å². The fourth-order valence-corrected chi connectivity index (χ4v) is 2.24. The van der Waals surface area contributed by atoms with Gasteiger partial charge in [-0.05, 0) is 25.2 Å². The molecule has 0 aliphatic carbocycles. The first-order chi connectivity index (χ1) is 9.86. The minimum absolute atomic E-state index is 0.0739. The van der Waals surface area contributed by atoms with Gasteiger partial charge in [0.1, 0.15) is 5.82 Å². The quantitative estimate of drug-likeness (QED) is 0.786. The average Bonchev–Trinajstić information content (AvgIpc) is 2.53. The maximum absolute atomic E-state index is 4.69. The molecule has 20 heavy (non-hydrogen) atoms. The maximum atomic E-state index is 4.69. The van der Waals surface area contributed by atoms with Gasteiger partial charge in [-0.15, -0.1) is 0 Å². The number of benzene rings is 1.